The molecular weight excluding hydrogens is 316 g/mol. The quantitative estimate of drug-likeness (QED) is 0.737. The molecule has 0 atom stereocenters. The SMILES string of the molecule is Nc1ccc2c(c1)oc(=O)n2Cc1sccc1Br. The minimum absolute atomic E-state index is 0.365. The van der Waals surface area contributed by atoms with E-state index in [0.717, 1.165) is 14.9 Å². The second-order valence-corrected chi connectivity index (χ2v) is 5.73. The third kappa shape index (κ3) is 1.87. The van der Waals surface area contributed by atoms with Crippen LogP contribution in [0.15, 0.2) is 43.3 Å². The van der Waals surface area contributed by atoms with Gasteiger partial charge >= 0.3 is 5.76 Å². The molecule has 2 N–H and O–H groups in total. The number of thiophene rings is 1. The smallest absolute Gasteiger partial charge is 0.408 e. The van der Waals surface area contributed by atoms with Crippen molar-refractivity contribution in [2.75, 3.05) is 5.73 Å². The number of fused-ring (bicyclic) bond motifs is 1. The van der Waals surface area contributed by atoms with Gasteiger partial charge in [-0.15, -0.1) is 11.3 Å². The Morgan fingerprint density at radius 1 is 1.39 bits per heavy atom. The van der Waals surface area contributed by atoms with Crippen molar-refractivity contribution in [1.29, 1.82) is 0 Å². The molecule has 1 aromatic carbocycles. The Morgan fingerprint density at radius 3 is 2.94 bits per heavy atom. The molecule has 0 saturated heterocycles. The maximum Gasteiger partial charge on any atom is 0.420 e. The molecule has 0 spiro atoms. The molecule has 0 bridgehead atoms. The van der Waals surface area contributed by atoms with Crippen LogP contribution in [0.4, 0.5) is 5.69 Å². The lowest BCUT2D eigenvalue weighted by molar-refractivity contribution is 0.518. The second kappa shape index (κ2) is 4.29. The van der Waals surface area contributed by atoms with Crippen molar-refractivity contribution in [2.45, 2.75) is 6.54 Å². The first-order valence-corrected chi connectivity index (χ1v) is 6.93. The van der Waals surface area contributed by atoms with Crippen LogP contribution in [0.5, 0.6) is 0 Å². The molecule has 3 rings (SSSR count). The average molecular weight is 325 g/mol. The normalized spacial score (nSPS) is 11.2. The molecule has 2 heterocycles. The second-order valence-electron chi connectivity index (χ2n) is 3.87. The predicted molar refractivity (Wildman–Crippen MR) is 76.0 cm³/mol. The molecule has 2 aromatic heterocycles. The van der Waals surface area contributed by atoms with Gasteiger partial charge in [-0.25, -0.2) is 4.79 Å². The van der Waals surface area contributed by atoms with E-state index >= 15 is 0 Å². The van der Waals surface area contributed by atoms with E-state index in [-0.39, 0.29) is 5.76 Å². The van der Waals surface area contributed by atoms with Crippen LogP contribution in [0.1, 0.15) is 4.88 Å². The molecule has 0 unspecified atom stereocenters. The third-order valence-electron chi connectivity index (χ3n) is 2.69. The monoisotopic (exact) mass is 324 g/mol. The molecule has 0 fully saturated rings. The van der Waals surface area contributed by atoms with E-state index in [4.69, 9.17) is 10.2 Å². The van der Waals surface area contributed by atoms with E-state index in [9.17, 15) is 4.79 Å². The van der Waals surface area contributed by atoms with Crippen molar-refractivity contribution in [3.63, 3.8) is 0 Å². The van der Waals surface area contributed by atoms with Gasteiger partial charge in [0.25, 0.3) is 0 Å². The van der Waals surface area contributed by atoms with Gasteiger partial charge in [-0.2, -0.15) is 0 Å². The lowest BCUT2D eigenvalue weighted by Gasteiger charge is -2.00. The summed E-state index contributed by atoms with van der Waals surface area (Å²) in [6.07, 6.45) is 0. The van der Waals surface area contributed by atoms with Gasteiger partial charge in [-0.3, -0.25) is 4.57 Å². The van der Waals surface area contributed by atoms with E-state index < -0.39 is 0 Å². The summed E-state index contributed by atoms with van der Waals surface area (Å²) < 4.78 is 7.79. The molecule has 6 heteroatoms. The van der Waals surface area contributed by atoms with E-state index in [1.807, 2.05) is 11.4 Å². The minimum Gasteiger partial charge on any atom is -0.408 e. The fourth-order valence-electron chi connectivity index (χ4n) is 1.81. The Morgan fingerprint density at radius 2 is 2.22 bits per heavy atom. The van der Waals surface area contributed by atoms with Crippen molar-refractivity contribution in [1.82, 2.24) is 4.57 Å². The minimum atomic E-state index is -0.365. The Labute approximate surface area is 115 Å². The van der Waals surface area contributed by atoms with Crippen molar-refractivity contribution >= 4 is 44.1 Å². The molecule has 0 aliphatic heterocycles. The molecule has 18 heavy (non-hydrogen) atoms. The molecule has 92 valence electrons. The highest BCUT2D eigenvalue weighted by molar-refractivity contribution is 9.10. The van der Waals surface area contributed by atoms with E-state index in [0.29, 0.717) is 17.8 Å². The van der Waals surface area contributed by atoms with Crippen molar-refractivity contribution in [2.24, 2.45) is 0 Å². The third-order valence-corrected chi connectivity index (χ3v) is 4.60. The number of nitrogens with two attached hydrogens (primary N) is 1. The zero-order valence-corrected chi connectivity index (χ0v) is 11.6. The van der Waals surface area contributed by atoms with Crippen LogP contribution in [0.2, 0.25) is 0 Å². The number of halogens is 1. The molecular formula is C12H9BrN2O2S. The maximum atomic E-state index is 11.8. The van der Waals surface area contributed by atoms with Crippen LogP contribution in [0.25, 0.3) is 11.1 Å². The fourth-order valence-corrected chi connectivity index (χ4v) is 3.28. The maximum absolute atomic E-state index is 11.8. The molecule has 0 saturated carbocycles. The number of nitrogen functional groups attached to an aromatic ring is 1. The van der Waals surface area contributed by atoms with Crippen LogP contribution in [-0.4, -0.2) is 4.57 Å². The van der Waals surface area contributed by atoms with Crippen LogP contribution in [0.3, 0.4) is 0 Å². The summed E-state index contributed by atoms with van der Waals surface area (Å²) in [5.41, 5.74) is 7.53. The Hall–Kier alpha value is -1.53. The predicted octanol–water partition coefficient (Wildman–Crippen LogP) is 3.05. The van der Waals surface area contributed by atoms with Gasteiger partial charge in [-0.05, 0) is 39.5 Å². The first-order chi connectivity index (χ1) is 8.65. The highest BCUT2D eigenvalue weighted by atomic mass is 79.9. The first-order valence-electron chi connectivity index (χ1n) is 5.26. The Bertz CT molecular complexity index is 772. The van der Waals surface area contributed by atoms with Crippen molar-refractivity contribution in [3.8, 4) is 0 Å². The van der Waals surface area contributed by atoms with Gasteiger partial charge in [0.15, 0.2) is 5.58 Å². The van der Waals surface area contributed by atoms with Crippen molar-refractivity contribution < 1.29 is 4.42 Å². The van der Waals surface area contributed by atoms with Gasteiger partial charge in [0.05, 0.1) is 12.1 Å². The molecule has 0 amide bonds. The zero-order chi connectivity index (χ0) is 12.7. The highest BCUT2D eigenvalue weighted by Gasteiger charge is 2.11. The molecule has 0 aliphatic carbocycles. The van der Waals surface area contributed by atoms with Gasteiger partial charge < -0.3 is 10.2 Å². The lowest BCUT2D eigenvalue weighted by Crippen LogP contribution is -2.14. The van der Waals surface area contributed by atoms with Crippen LogP contribution < -0.4 is 11.5 Å². The van der Waals surface area contributed by atoms with Crippen LogP contribution in [0, 0.1) is 0 Å². The summed E-state index contributed by atoms with van der Waals surface area (Å²) in [7, 11) is 0. The van der Waals surface area contributed by atoms with E-state index in [2.05, 4.69) is 15.9 Å². The number of benzene rings is 1. The Kier molecular flexibility index (Phi) is 2.76. The van der Waals surface area contributed by atoms with Gasteiger partial charge in [-0.1, -0.05) is 0 Å². The van der Waals surface area contributed by atoms with Gasteiger partial charge in [0, 0.05) is 21.1 Å². The number of hydrogen-bond donors (Lipinski definition) is 1. The van der Waals surface area contributed by atoms with Crippen LogP contribution in [-0.2, 0) is 6.54 Å². The number of aromatic nitrogens is 1. The van der Waals surface area contributed by atoms with E-state index in [1.54, 1.807) is 34.1 Å². The summed E-state index contributed by atoms with van der Waals surface area (Å²) in [5.74, 6) is -0.365. The summed E-state index contributed by atoms with van der Waals surface area (Å²) in [4.78, 5) is 12.9. The fraction of sp³-hybridized carbons (Fsp3) is 0.0833. The lowest BCUT2D eigenvalue weighted by atomic mass is 10.3. The summed E-state index contributed by atoms with van der Waals surface area (Å²) in [6, 6.07) is 7.19. The average Bonchev–Trinajstić information content (AvgIpc) is 2.85. The summed E-state index contributed by atoms with van der Waals surface area (Å²) in [6.45, 7) is 0.494. The summed E-state index contributed by atoms with van der Waals surface area (Å²) >= 11 is 5.05. The van der Waals surface area contributed by atoms with E-state index in [1.165, 1.54) is 0 Å². The summed E-state index contributed by atoms with van der Waals surface area (Å²) in [5, 5.41) is 1.98. The number of oxazole rings is 1. The largest absolute Gasteiger partial charge is 0.420 e. The molecule has 0 aliphatic rings. The first kappa shape index (κ1) is 11.6. The zero-order valence-electron chi connectivity index (χ0n) is 9.22. The topological polar surface area (TPSA) is 61.2 Å². The number of rotatable bonds is 2. The number of anilines is 1. The van der Waals surface area contributed by atoms with Crippen LogP contribution >= 0.6 is 27.3 Å². The van der Waals surface area contributed by atoms with Crippen molar-refractivity contribution in [3.05, 3.63) is 49.5 Å². The van der Waals surface area contributed by atoms with Gasteiger partial charge in [0.2, 0.25) is 0 Å². The standard InChI is InChI=1S/C12H9BrN2O2S/c13-8-3-4-18-11(8)6-15-9-2-1-7(14)5-10(9)17-12(15)16/h1-5H,6,14H2. The molecule has 3 aromatic rings. The number of hydrogen-bond acceptors (Lipinski definition) is 4. The highest BCUT2D eigenvalue weighted by Crippen LogP contribution is 2.25. The Balaban J connectivity index is 2.15. The number of nitrogens with zero attached hydrogens (tertiary/aromatic N) is 1. The molecule has 4 nitrogen and oxygen atoms in total. The van der Waals surface area contributed by atoms with Gasteiger partial charge in [0.1, 0.15) is 0 Å². The molecule has 0 radical (unpaired) electrons.